The summed E-state index contributed by atoms with van der Waals surface area (Å²) in [5.74, 6) is -1.27. The van der Waals surface area contributed by atoms with Crippen molar-refractivity contribution in [1.82, 2.24) is 21.3 Å². The van der Waals surface area contributed by atoms with Crippen molar-refractivity contribution in [3.8, 4) is 0 Å². The van der Waals surface area contributed by atoms with E-state index >= 15 is 0 Å². The number of aliphatic hydroxyl groups excluding tert-OH is 2. The number of rotatable bonds is 23. The van der Waals surface area contributed by atoms with Crippen LogP contribution in [0.15, 0.2) is 11.3 Å². The molecule has 1 saturated carbocycles. The molecule has 0 aliphatic heterocycles. The zero-order valence-corrected chi connectivity index (χ0v) is 27.2. The summed E-state index contributed by atoms with van der Waals surface area (Å²) in [5, 5.41) is 40.0. The van der Waals surface area contributed by atoms with Crippen LogP contribution in [0.5, 0.6) is 0 Å². The van der Waals surface area contributed by atoms with E-state index in [9.17, 15) is 39.3 Å². The fraction of sp³-hybridized carbons (Fsp3) is 0.720. The number of aliphatic carboxylic acids is 1. The third-order valence-corrected chi connectivity index (χ3v) is 10.7. The lowest BCUT2D eigenvalue weighted by molar-refractivity contribution is -0.140. The van der Waals surface area contributed by atoms with E-state index in [-0.39, 0.29) is 31.1 Å². The van der Waals surface area contributed by atoms with E-state index in [0.29, 0.717) is 29.6 Å². The molecule has 0 aromatic rings. The number of allylic oxidation sites excluding steroid dienone is 1. The maximum atomic E-state index is 12.6. The van der Waals surface area contributed by atoms with E-state index in [1.165, 1.54) is 50.1 Å². The molecule has 0 aromatic carbocycles. The highest BCUT2D eigenvalue weighted by Crippen LogP contribution is 2.31. The first-order chi connectivity index (χ1) is 19.9. The third-order valence-electron chi connectivity index (χ3n) is 5.82. The summed E-state index contributed by atoms with van der Waals surface area (Å²) in [6, 6.07) is -2.28. The molecule has 4 atom stereocenters. The molecule has 1 aliphatic rings. The number of nitrogens with one attached hydrogen (secondary N) is 4. The standard InChI is InChI=1S/C25H43N5O8S4/c1-3-27-19(24(26)37)14-42-39-9-7-20(32)29-17(12-22(34)35)25(38)28-8-10-40-41-13-18(23(36)16-5-4-6-16)30-21(33)11-15(2)31/h15,17-19,27,31,36H,3-14H2,1-2H3,(H2,26,37)(H,28,38)(H,29,32)(H,30,33)(H,34,35). The minimum absolute atomic E-state index is 0.0634. The summed E-state index contributed by atoms with van der Waals surface area (Å²) in [7, 11) is 5.57. The molecular weight excluding hydrogens is 627 g/mol. The Balaban J connectivity index is 2.41. The number of carbonyl (C=O) groups excluding carboxylic acids is 4. The second kappa shape index (κ2) is 21.8. The van der Waals surface area contributed by atoms with Crippen molar-refractivity contribution in [2.75, 3.05) is 36.1 Å². The Labute approximate surface area is 262 Å². The lowest BCUT2D eigenvalue weighted by Gasteiger charge is -2.25. The van der Waals surface area contributed by atoms with Crippen molar-refractivity contribution in [2.45, 2.75) is 76.6 Å². The van der Waals surface area contributed by atoms with Gasteiger partial charge in [0, 0.05) is 36.0 Å². The van der Waals surface area contributed by atoms with Crippen LogP contribution in [-0.2, 0) is 24.0 Å². The van der Waals surface area contributed by atoms with Crippen molar-refractivity contribution < 1.29 is 39.3 Å². The number of carbonyl (C=O) groups is 5. The number of nitrogens with two attached hydrogens (primary N) is 1. The maximum absolute atomic E-state index is 12.6. The first kappa shape index (κ1) is 38.2. The van der Waals surface area contributed by atoms with Crippen LogP contribution in [0, 0.1) is 0 Å². The molecule has 13 nitrogen and oxygen atoms in total. The predicted molar refractivity (Wildman–Crippen MR) is 170 cm³/mol. The molecule has 9 N–H and O–H groups in total. The molecular formula is C25H43N5O8S4. The molecule has 0 spiro atoms. The van der Waals surface area contributed by atoms with Gasteiger partial charge in [-0.2, -0.15) is 0 Å². The fourth-order valence-corrected chi connectivity index (χ4v) is 7.81. The normalized spacial score (nSPS) is 15.5. The summed E-state index contributed by atoms with van der Waals surface area (Å²) in [6.45, 7) is 4.19. The second-order valence-corrected chi connectivity index (χ2v) is 14.8. The number of aliphatic hydroxyl groups is 2. The van der Waals surface area contributed by atoms with Gasteiger partial charge in [-0.1, -0.05) is 50.1 Å². The fourth-order valence-electron chi connectivity index (χ4n) is 3.53. The zero-order chi connectivity index (χ0) is 31.5. The molecule has 4 amide bonds. The summed E-state index contributed by atoms with van der Waals surface area (Å²) in [4.78, 5) is 59.6. The van der Waals surface area contributed by atoms with Crippen LogP contribution >= 0.6 is 43.2 Å². The molecule has 1 aliphatic carbocycles. The highest BCUT2D eigenvalue weighted by atomic mass is 33.1. The summed E-state index contributed by atoms with van der Waals surface area (Å²) >= 11 is 0. The Morgan fingerprint density at radius 1 is 0.881 bits per heavy atom. The number of hydrogen-bond acceptors (Lipinski definition) is 12. The van der Waals surface area contributed by atoms with Gasteiger partial charge in [-0.3, -0.25) is 24.0 Å². The van der Waals surface area contributed by atoms with Crippen molar-refractivity contribution in [1.29, 1.82) is 0 Å². The average Bonchev–Trinajstić information content (AvgIpc) is 2.86. The molecule has 4 unspecified atom stereocenters. The van der Waals surface area contributed by atoms with Crippen LogP contribution in [0.25, 0.3) is 0 Å². The molecule has 17 heteroatoms. The zero-order valence-electron chi connectivity index (χ0n) is 23.9. The molecule has 0 heterocycles. The molecule has 42 heavy (non-hydrogen) atoms. The lowest BCUT2D eigenvalue weighted by Crippen LogP contribution is -2.48. The molecule has 0 aromatic heterocycles. The Kier molecular flexibility index (Phi) is 19.9. The largest absolute Gasteiger partial charge is 0.510 e. The molecule has 0 radical (unpaired) electrons. The summed E-state index contributed by atoms with van der Waals surface area (Å²) in [6.07, 6.45) is 1.21. The smallest absolute Gasteiger partial charge is 0.305 e. The van der Waals surface area contributed by atoms with Gasteiger partial charge in [-0.25, -0.2) is 0 Å². The Morgan fingerprint density at radius 3 is 2.05 bits per heavy atom. The number of carboxylic acid groups (broad SMARTS) is 1. The predicted octanol–water partition coefficient (Wildman–Crippen LogP) is 0.930. The molecule has 0 bridgehead atoms. The van der Waals surface area contributed by atoms with Crippen LogP contribution in [0.2, 0.25) is 0 Å². The van der Waals surface area contributed by atoms with Crippen LogP contribution in [-0.4, -0.2) is 105 Å². The van der Waals surface area contributed by atoms with Gasteiger partial charge < -0.3 is 42.3 Å². The Hall–Kier alpha value is -1.79. The van der Waals surface area contributed by atoms with Crippen molar-refractivity contribution in [3.63, 3.8) is 0 Å². The Bertz CT molecular complexity index is 934. The molecule has 0 saturated heterocycles. The van der Waals surface area contributed by atoms with Gasteiger partial charge in [0.05, 0.1) is 31.0 Å². The van der Waals surface area contributed by atoms with Crippen LogP contribution < -0.4 is 27.0 Å². The van der Waals surface area contributed by atoms with Gasteiger partial charge in [0.2, 0.25) is 23.6 Å². The van der Waals surface area contributed by atoms with Crippen molar-refractivity contribution >= 4 is 72.8 Å². The van der Waals surface area contributed by atoms with E-state index < -0.39 is 54.3 Å². The molecule has 1 fully saturated rings. The minimum atomic E-state index is -1.23. The first-order valence-electron chi connectivity index (χ1n) is 13.6. The average molecular weight is 670 g/mol. The number of carboxylic acids is 1. The first-order valence-corrected chi connectivity index (χ1v) is 18.6. The summed E-state index contributed by atoms with van der Waals surface area (Å²) < 4.78 is 0. The second-order valence-electron chi connectivity index (χ2n) is 9.50. The minimum Gasteiger partial charge on any atom is -0.510 e. The van der Waals surface area contributed by atoms with E-state index in [1.54, 1.807) is 0 Å². The SMILES string of the molecule is CCNC(CSSCCC(=O)NC(CC(=O)O)C(=O)NCCSSCC(NC(=O)CC(C)O)C(O)=C1CCC1)C(N)=O. The van der Waals surface area contributed by atoms with Crippen molar-refractivity contribution in [2.24, 2.45) is 5.73 Å². The van der Waals surface area contributed by atoms with Gasteiger partial charge in [-0.15, -0.1) is 0 Å². The molecule has 240 valence electrons. The van der Waals surface area contributed by atoms with E-state index in [2.05, 4.69) is 21.3 Å². The maximum Gasteiger partial charge on any atom is 0.305 e. The molecule has 1 rings (SSSR count). The van der Waals surface area contributed by atoms with Gasteiger partial charge >= 0.3 is 5.97 Å². The van der Waals surface area contributed by atoms with Gasteiger partial charge in [-0.05, 0) is 38.3 Å². The van der Waals surface area contributed by atoms with E-state index in [4.69, 9.17) is 5.73 Å². The van der Waals surface area contributed by atoms with Crippen LogP contribution in [0.1, 0.15) is 52.4 Å². The van der Waals surface area contributed by atoms with Gasteiger partial charge in [0.1, 0.15) is 11.8 Å². The van der Waals surface area contributed by atoms with Crippen LogP contribution in [0.4, 0.5) is 0 Å². The van der Waals surface area contributed by atoms with E-state index in [1.807, 2.05) is 6.92 Å². The highest BCUT2D eigenvalue weighted by Gasteiger charge is 2.25. The highest BCUT2D eigenvalue weighted by molar-refractivity contribution is 8.77. The lowest BCUT2D eigenvalue weighted by atomic mass is 9.89. The van der Waals surface area contributed by atoms with Gasteiger partial charge in [0.15, 0.2) is 0 Å². The number of likely N-dealkylation sites (N-methyl/N-ethyl adjacent to an activating group) is 1. The van der Waals surface area contributed by atoms with Gasteiger partial charge in [0.25, 0.3) is 0 Å². The number of hydrogen-bond donors (Lipinski definition) is 8. The third kappa shape index (κ3) is 16.7. The monoisotopic (exact) mass is 669 g/mol. The summed E-state index contributed by atoms with van der Waals surface area (Å²) in [5.41, 5.74) is 6.24. The number of primary amides is 1. The quantitative estimate of drug-likeness (QED) is 0.0432. The number of amides is 4. The Morgan fingerprint density at radius 2 is 1.50 bits per heavy atom. The van der Waals surface area contributed by atoms with Crippen LogP contribution in [0.3, 0.4) is 0 Å². The van der Waals surface area contributed by atoms with Crippen molar-refractivity contribution in [3.05, 3.63) is 11.3 Å². The van der Waals surface area contributed by atoms with E-state index in [0.717, 1.165) is 24.8 Å². The topological polar surface area (TPSA) is 220 Å².